The van der Waals surface area contributed by atoms with Gasteiger partial charge in [-0.1, -0.05) is 24.3 Å². The van der Waals surface area contributed by atoms with E-state index in [0.717, 1.165) is 35.3 Å². The Morgan fingerprint density at radius 3 is 3.00 bits per heavy atom. The fourth-order valence-corrected chi connectivity index (χ4v) is 2.76. The van der Waals surface area contributed by atoms with Crippen LogP contribution in [-0.2, 0) is 13.0 Å². The Labute approximate surface area is 141 Å². The average Bonchev–Trinajstić information content (AvgIpc) is 2.97. The second-order valence-electron chi connectivity index (χ2n) is 5.54. The highest BCUT2D eigenvalue weighted by Crippen LogP contribution is 2.18. The van der Waals surface area contributed by atoms with Gasteiger partial charge in [-0.15, -0.1) is 12.4 Å². The third-order valence-electron chi connectivity index (χ3n) is 4.02. The van der Waals surface area contributed by atoms with E-state index in [1.165, 1.54) is 0 Å². The largest absolute Gasteiger partial charge is 0.387 e. The molecule has 1 aliphatic rings. The van der Waals surface area contributed by atoms with Crippen molar-refractivity contribution in [1.82, 2.24) is 20.8 Å². The van der Waals surface area contributed by atoms with Crippen LogP contribution < -0.4 is 10.6 Å². The smallest absolute Gasteiger partial charge is 0.272 e. The monoisotopic (exact) mass is 336 g/mol. The second-order valence-corrected chi connectivity index (χ2v) is 5.54. The highest BCUT2D eigenvalue weighted by atomic mass is 35.5. The molecule has 0 saturated carbocycles. The number of hydrogen-bond donors (Lipinski definition) is 4. The summed E-state index contributed by atoms with van der Waals surface area (Å²) in [4.78, 5) is 12.3. The summed E-state index contributed by atoms with van der Waals surface area (Å²) in [5.41, 5.74) is 4.19. The van der Waals surface area contributed by atoms with Crippen LogP contribution in [0.2, 0.25) is 0 Å². The zero-order chi connectivity index (χ0) is 15.5. The Morgan fingerprint density at radius 1 is 1.43 bits per heavy atom. The van der Waals surface area contributed by atoms with Crippen LogP contribution in [0.5, 0.6) is 0 Å². The summed E-state index contributed by atoms with van der Waals surface area (Å²) in [6.45, 7) is 3.64. The number of aliphatic hydroxyl groups excluding tert-OH is 1. The maximum atomic E-state index is 12.3. The Hall–Kier alpha value is -1.89. The Bertz CT molecular complexity index is 686. The van der Waals surface area contributed by atoms with Gasteiger partial charge in [0.15, 0.2) is 5.69 Å². The Balaban J connectivity index is 0.00000192. The minimum Gasteiger partial charge on any atom is -0.387 e. The van der Waals surface area contributed by atoms with Gasteiger partial charge < -0.3 is 15.7 Å². The molecule has 1 amide bonds. The summed E-state index contributed by atoms with van der Waals surface area (Å²) in [7, 11) is 0. The maximum Gasteiger partial charge on any atom is 0.272 e. The summed E-state index contributed by atoms with van der Waals surface area (Å²) in [6.07, 6.45) is 0.125. The van der Waals surface area contributed by atoms with Crippen LogP contribution in [0.25, 0.3) is 0 Å². The number of hydrogen-bond acceptors (Lipinski definition) is 4. The average molecular weight is 337 g/mol. The molecule has 23 heavy (non-hydrogen) atoms. The first kappa shape index (κ1) is 17.5. The van der Waals surface area contributed by atoms with E-state index in [9.17, 15) is 9.90 Å². The first-order valence-electron chi connectivity index (χ1n) is 7.45. The van der Waals surface area contributed by atoms with Crippen molar-refractivity contribution in [2.45, 2.75) is 26.0 Å². The number of aromatic amines is 1. The summed E-state index contributed by atoms with van der Waals surface area (Å²) in [6, 6.07) is 7.61. The van der Waals surface area contributed by atoms with Crippen molar-refractivity contribution in [1.29, 1.82) is 0 Å². The van der Waals surface area contributed by atoms with Crippen LogP contribution in [0.15, 0.2) is 24.3 Å². The lowest BCUT2D eigenvalue weighted by atomic mass is 10.0. The van der Waals surface area contributed by atoms with Crippen molar-refractivity contribution in [3.8, 4) is 0 Å². The van der Waals surface area contributed by atoms with E-state index in [1.807, 2.05) is 31.2 Å². The molecule has 4 N–H and O–H groups in total. The molecule has 1 atom stereocenters. The van der Waals surface area contributed by atoms with Crippen molar-refractivity contribution in [3.63, 3.8) is 0 Å². The van der Waals surface area contributed by atoms with Crippen molar-refractivity contribution in [2.75, 3.05) is 13.1 Å². The van der Waals surface area contributed by atoms with Crippen molar-refractivity contribution < 1.29 is 9.90 Å². The lowest BCUT2D eigenvalue weighted by Crippen LogP contribution is -2.31. The van der Waals surface area contributed by atoms with E-state index in [-0.39, 0.29) is 24.9 Å². The van der Waals surface area contributed by atoms with Gasteiger partial charge in [-0.05, 0) is 18.1 Å². The molecular weight excluding hydrogens is 316 g/mol. The van der Waals surface area contributed by atoms with Gasteiger partial charge in [-0.3, -0.25) is 9.89 Å². The molecule has 2 heterocycles. The molecule has 7 heteroatoms. The minimum atomic E-state index is -0.724. The third kappa shape index (κ3) is 3.72. The number of carbonyl (C=O) groups is 1. The minimum absolute atomic E-state index is 0. The lowest BCUT2D eigenvalue weighted by Gasteiger charge is -2.15. The number of fused-ring (bicyclic) bond motifs is 1. The predicted molar refractivity (Wildman–Crippen MR) is 89.7 cm³/mol. The van der Waals surface area contributed by atoms with Crippen LogP contribution in [0.1, 0.15) is 39.0 Å². The van der Waals surface area contributed by atoms with Crippen LogP contribution in [0.4, 0.5) is 0 Å². The van der Waals surface area contributed by atoms with Gasteiger partial charge in [-0.25, -0.2) is 0 Å². The molecule has 1 aliphatic heterocycles. The number of aryl methyl sites for hydroxylation is 1. The van der Waals surface area contributed by atoms with Crippen LogP contribution >= 0.6 is 12.4 Å². The predicted octanol–water partition coefficient (Wildman–Crippen LogP) is 1.25. The molecular formula is C16H21ClN4O2. The fourth-order valence-electron chi connectivity index (χ4n) is 2.76. The molecule has 1 unspecified atom stereocenters. The van der Waals surface area contributed by atoms with Gasteiger partial charge >= 0.3 is 0 Å². The number of aliphatic hydroxyl groups is 1. The van der Waals surface area contributed by atoms with Gasteiger partial charge in [0, 0.05) is 37.3 Å². The highest BCUT2D eigenvalue weighted by Gasteiger charge is 2.22. The van der Waals surface area contributed by atoms with E-state index in [1.54, 1.807) is 0 Å². The SMILES string of the molecule is Cc1ccccc1C(O)CNC(=O)c1n[nH]c2c1CNCC2.Cl. The van der Waals surface area contributed by atoms with E-state index < -0.39 is 6.10 Å². The van der Waals surface area contributed by atoms with Gasteiger partial charge in [0.05, 0.1) is 6.10 Å². The normalized spacial score (nSPS) is 14.5. The van der Waals surface area contributed by atoms with Crippen molar-refractivity contribution in [2.24, 2.45) is 0 Å². The molecule has 0 bridgehead atoms. The summed E-state index contributed by atoms with van der Waals surface area (Å²) < 4.78 is 0. The first-order valence-corrected chi connectivity index (χ1v) is 7.45. The van der Waals surface area contributed by atoms with Crippen molar-refractivity contribution in [3.05, 3.63) is 52.3 Å². The quantitative estimate of drug-likeness (QED) is 0.676. The molecule has 0 aliphatic carbocycles. The topological polar surface area (TPSA) is 90.0 Å². The molecule has 0 saturated heterocycles. The van der Waals surface area contributed by atoms with E-state index in [4.69, 9.17) is 0 Å². The Morgan fingerprint density at radius 2 is 2.22 bits per heavy atom. The van der Waals surface area contributed by atoms with Crippen molar-refractivity contribution >= 4 is 18.3 Å². The second kappa shape index (κ2) is 7.59. The van der Waals surface area contributed by atoms with Gasteiger partial charge in [0.2, 0.25) is 0 Å². The van der Waals surface area contributed by atoms with Crippen LogP contribution in [0, 0.1) is 6.92 Å². The fraction of sp³-hybridized carbons (Fsp3) is 0.375. The Kier molecular flexibility index (Phi) is 5.76. The number of benzene rings is 1. The molecule has 2 aromatic rings. The summed E-state index contributed by atoms with van der Waals surface area (Å²) >= 11 is 0. The number of amides is 1. The number of nitrogens with one attached hydrogen (secondary N) is 3. The highest BCUT2D eigenvalue weighted by molar-refractivity contribution is 5.94. The third-order valence-corrected chi connectivity index (χ3v) is 4.02. The van der Waals surface area contributed by atoms with Crippen LogP contribution in [0.3, 0.4) is 0 Å². The molecule has 0 radical (unpaired) electrons. The summed E-state index contributed by atoms with van der Waals surface area (Å²) in [5, 5.41) is 23.3. The number of rotatable bonds is 4. The van der Waals surface area contributed by atoms with Gasteiger partial charge in [-0.2, -0.15) is 5.10 Å². The molecule has 0 fully saturated rings. The number of aromatic nitrogens is 2. The molecule has 124 valence electrons. The maximum absolute atomic E-state index is 12.3. The lowest BCUT2D eigenvalue weighted by molar-refractivity contribution is 0.0910. The summed E-state index contributed by atoms with van der Waals surface area (Å²) in [5.74, 6) is -0.256. The molecule has 3 rings (SSSR count). The van der Waals surface area contributed by atoms with E-state index in [2.05, 4.69) is 20.8 Å². The number of H-pyrrole nitrogens is 1. The zero-order valence-electron chi connectivity index (χ0n) is 12.9. The van der Waals surface area contributed by atoms with Gasteiger partial charge in [0.1, 0.15) is 0 Å². The first-order chi connectivity index (χ1) is 10.7. The molecule has 1 aromatic heterocycles. The number of nitrogens with zero attached hydrogens (tertiary/aromatic N) is 1. The van der Waals surface area contributed by atoms with E-state index >= 15 is 0 Å². The number of halogens is 1. The van der Waals surface area contributed by atoms with E-state index in [0.29, 0.717) is 12.2 Å². The number of carbonyl (C=O) groups excluding carboxylic acids is 1. The standard InChI is InChI=1S/C16H20N4O2.ClH/c1-10-4-2-3-5-11(10)14(21)9-18-16(22)15-12-8-17-7-6-13(12)19-20-15;/h2-5,14,17,21H,6-9H2,1H3,(H,18,22)(H,19,20);1H. The van der Waals surface area contributed by atoms with Gasteiger partial charge in [0.25, 0.3) is 5.91 Å². The molecule has 0 spiro atoms. The zero-order valence-corrected chi connectivity index (χ0v) is 13.7. The van der Waals surface area contributed by atoms with Crippen LogP contribution in [-0.4, -0.2) is 34.3 Å². The molecule has 6 nitrogen and oxygen atoms in total. The molecule has 1 aromatic carbocycles.